The van der Waals surface area contributed by atoms with Crippen LogP contribution in [-0.2, 0) is 0 Å². The first kappa shape index (κ1) is 13.6. The van der Waals surface area contributed by atoms with E-state index in [1.54, 1.807) is 0 Å². The predicted molar refractivity (Wildman–Crippen MR) is 101 cm³/mol. The Morgan fingerprint density at radius 2 is 1.54 bits per heavy atom. The van der Waals surface area contributed by atoms with Gasteiger partial charge < -0.3 is 0 Å². The van der Waals surface area contributed by atoms with Crippen LogP contribution in [0, 0.1) is 0 Å². The molecule has 3 heteroatoms. The maximum absolute atomic E-state index is 4.42. The summed E-state index contributed by atoms with van der Waals surface area (Å²) in [6.45, 7) is 0. The molecule has 0 amide bonds. The van der Waals surface area contributed by atoms with Crippen molar-refractivity contribution in [1.29, 1.82) is 0 Å². The molecule has 2 heterocycles. The van der Waals surface area contributed by atoms with Crippen LogP contribution in [0.25, 0.3) is 25.9 Å². The molecule has 0 radical (unpaired) electrons. The minimum absolute atomic E-state index is 0.0271. The molecule has 0 N–H and O–H groups in total. The summed E-state index contributed by atoms with van der Waals surface area (Å²) in [4.78, 5) is 0. The molecule has 1 atom stereocenters. The zero-order valence-electron chi connectivity index (χ0n) is 12.9. The largest absolute Gasteiger partial charge is 0.176 e. The Balaban J connectivity index is 1.58. The zero-order chi connectivity index (χ0) is 15.9. The topological polar surface area (TPSA) is 24.7 Å². The van der Waals surface area contributed by atoms with Gasteiger partial charge >= 0.3 is 0 Å². The number of thiophene rings is 1. The molecule has 4 aromatic rings. The Labute approximate surface area is 143 Å². The molecule has 5 rings (SSSR count). The number of fused-ring (bicyclic) bond motifs is 3. The van der Waals surface area contributed by atoms with Crippen molar-refractivity contribution < 1.29 is 0 Å². The van der Waals surface area contributed by atoms with Crippen molar-refractivity contribution in [1.82, 2.24) is 0 Å². The van der Waals surface area contributed by atoms with Crippen LogP contribution in [0.1, 0.15) is 17.2 Å². The highest BCUT2D eigenvalue weighted by molar-refractivity contribution is 7.25. The van der Waals surface area contributed by atoms with Crippen LogP contribution < -0.4 is 0 Å². The molecule has 1 aliphatic rings. The lowest BCUT2D eigenvalue weighted by molar-refractivity contribution is 0.881. The van der Waals surface area contributed by atoms with E-state index in [2.05, 4.69) is 70.9 Å². The van der Waals surface area contributed by atoms with Crippen LogP contribution in [0.2, 0.25) is 0 Å². The standard InChI is InChI=1S/C21H14N2S/c1-2-6-14(7-3-1)18-13-19(23-22-18)15-10-11-17-16-8-4-5-9-20(16)24-21(17)12-15/h1-13,18H. The minimum Gasteiger partial charge on any atom is -0.176 e. The molecule has 0 aliphatic carbocycles. The number of nitrogens with zero attached hydrogens (tertiary/aromatic N) is 2. The van der Waals surface area contributed by atoms with E-state index >= 15 is 0 Å². The van der Waals surface area contributed by atoms with E-state index in [0.29, 0.717) is 0 Å². The third-order valence-electron chi connectivity index (χ3n) is 4.42. The lowest BCUT2D eigenvalue weighted by Gasteiger charge is -2.02. The number of hydrogen-bond acceptors (Lipinski definition) is 3. The molecule has 2 nitrogen and oxygen atoms in total. The van der Waals surface area contributed by atoms with Crippen LogP contribution in [0.5, 0.6) is 0 Å². The Morgan fingerprint density at radius 1 is 0.750 bits per heavy atom. The van der Waals surface area contributed by atoms with Gasteiger partial charge in [-0.2, -0.15) is 10.2 Å². The smallest absolute Gasteiger partial charge is 0.117 e. The van der Waals surface area contributed by atoms with Crippen molar-refractivity contribution in [3.8, 4) is 0 Å². The Hall–Kier alpha value is -2.78. The lowest BCUT2D eigenvalue weighted by Crippen LogP contribution is -1.87. The first-order valence-electron chi connectivity index (χ1n) is 7.98. The average Bonchev–Trinajstić information content (AvgIpc) is 3.27. The summed E-state index contributed by atoms with van der Waals surface area (Å²) >= 11 is 1.83. The van der Waals surface area contributed by atoms with Gasteiger partial charge in [-0.05, 0) is 23.8 Å². The molecule has 1 aromatic heterocycles. The highest BCUT2D eigenvalue weighted by atomic mass is 32.1. The van der Waals surface area contributed by atoms with Gasteiger partial charge in [0.05, 0.1) is 5.70 Å². The van der Waals surface area contributed by atoms with E-state index in [0.717, 1.165) is 11.3 Å². The Bertz CT molecular complexity index is 1110. The number of benzene rings is 3. The molecule has 114 valence electrons. The molecule has 0 saturated carbocycles. The average molecular weight is 326 g/mol. The van der Waals surface area contributed by atoms with Gasteiger partial charge in [-0.1, -0.05) is 60.7 Å². The van der Waals surface area contributed by atoms with E-state index < -0.39 is 0 Å². The van der Waals surface area contributed by atoms with Gasteiger partial charge in [0.1, 0.15) is 6.04 Å². The van der Waals surface area contributed by atoms with Gasteiger partial charge in [0, 0.05) is 25.7 Å². The van der Waals surface area contributed by atoms with Crippen LogP contribution in [-0.4, -0.2) is 0 Å². The SMILES string of the molecule is C1=C(c2ccc3c(c2)sc2ccccc23)N=NC1c1ccccc1. The van der Waals surface area contributed by atoms with Crippen LogP contribution in [0.15, 0.2) is 89.1 Å². The van der Waals surface area contributed by atoms with Gasteiger partial charge in [-0.25, -0.2) is 0 Å². The van der Waals surface area contributed by atoms with Crippen molar-refractivity contribution in [3.63, 3.8) is 0 Å². The first-order chi connectivity index (χ1) is 11.9. The summed E-state index contributed by atoms with van der Waals surface area (Å²) in [5, 5.41) is 11.5. The molecule has 0 bridgehead atoms. The van der Waals surface area contributed by atoms with Crippen LogP contribution in [0.4, 0.5) is 0 Å². The second-order valence-electron chi connectivity index (χ2n) is 5.93. The molecule has 1 unspecified atom stereocenters. The monoisotopic (exact) mass is 326 g/mol. The molecular formula is C21H14N2S. The summed E-state index contributed by atoms with van der Waals surface area (Å²) in [5.41, 5.74) is 3.28. The fraction of sp³-hybridized carbons (Fsp3) is 0.0476. The normalized spacial score (nSPS) is 16.8. The maximum atomic E-state index is 4.42. The van der Waals surface area contributed by atoms with Gasteiger partial charge in [-0.15, -0.1) is 11.3 Å². The summed E-state index contributed by atoms with van der Waals surface area (Å²) in [7, 11) is 0. The van der Waals surface area contributed by atoms with Crippen molar-refractivity contribution >= 4 is 37.2 Å². The first-order valence-corrected chi connectivity index (χ1v) is 8.79. The van der Waals surface area contributed by atoms with Gasteiger partial charge in [0.15, 0.2) is 0 Å². The van der Waals surface area contributed by atoms with Crippen LogP contribution in [0.3, 0.4) is 0 Å². The Morgan fingerprint density at radius 3 is 2.46 bits per heavy atom. The summed E-state index contributed by atoms with van der Waals surface area (Å²) in [6, 6.07) is 25.5. The van der Waals surface area contributed by atoms with Crippen molar-refractivity contribution in [2.24, 2.45) is 10.2 Å². The molecule has 0 spiro atoms. The third-order valence-corrected chi connectivity index (χ3v) is 5.55. The van der Waals surface area contributed by atoms with Crippen molar-refractivity contribution in [2.75, 3.05) is 0 Å². The highest BCUT2D eigenvalue weighted by Crippen LogP contribution is 2.37. The van der Waals surface area contributed by atoms with Crippen LogP contribution >= 0.6 is 11.3 Å². The van der Waals surface area contributed by atoms with E-state index in [1.165, 1.54) is 25.7 Å². The summed E-state index contributed by atoms with van der Waals surface area (Å²) in [5.74, 6) is 0. The molecule has 3 aromatic carbocycles. The minimum atomic E-state index is 0.0271. The van der Waals surface area contributed by atoms with Gasteiger partial charge in [-0.3, -0.25) is 0 Å². The van der Waals surface area contributed by atoms with E-state index in [1.807, 2.05) is 29.5 Å². The van der Waals surface area contributed by atoms with E-state index in [9.17, 15) is 0 Å². The predicted octanol–water partition coefficient (Wildman–Crippen LogP) is 6.60. The highest BCUT2D eigenvalue weighted by Gasteiger charge is 2.16. The molecule has 0 saturated heterocycles. The fourth-order valence-electron chi connectivity index (χ4n) is 3.19. The number of rotatable bonds is 2. The quantitative estimate of drug-likeness (QED) is 0.396. The van der Waals surface area contributed by atoms with Crippen molar-refractivity contribution in [3.05, 3.63) is 90.0 Å². The second kappa shape index (κ2) is 5.39. The van der Waals surface area contributed by atoms with E-state index in [-0.39, 0.29) is 6.04 Å². The second-order valence-corrected chi connectivity index (χ2v) is 7.02. The van der Waals surface area contributed by atoms with Gasteiger partial charge in [0.2, 0.25) is 0 Å². The lowest BCUT2D eigenvalue weighted by atomic mass is 10.0. The molecule has 0 fully saturated rings. The summed E-state index contributed by atoms with van der Waals surface area (Å²) < 4.78 is 2.63. The molecular weight excluding hydrogens is 312 g/mol. The summed E-state index contributed by atoms with van der Waals surface area (Å²) in [6.07, 6.45) is 2.14. The number of azo groups is 1. The number of hydrogen-bond donors (Lipinski definition) is 0. The maximum Gasteiger partial charge on any atom is 0.117 e. The van der Waals surface area contributed by atoms with Crippen molar-refractivity contribution in [2.45, 2.75) is 6.04 Å². The van der Waals surface area contributed by atoms with E-state index in [4.69, 9.17) is 0 Å². The molecule has 1 aliphatic heterocycles. The fourth-order valence-corrected chi connectivity index (χ4v) is 4.34. The Kier molecular flexibility index (Phi) is 3.06. The van der Waals surface area contributed by atoms with Gasteiger partial charge in [0.25, 0.3) is 0 Å². The third kappa shape index (κ3) is 2.17. The zero-order valence-corrected chi connectivity index (χ0v) is 13.7. The molecule has 24 heavy (non-hydrogen) atoms.